The van der Waals surface area contributed by atoms with E-state index in [-0.39, 0.29) is 5.28 Å². The van der Waals surface area contributed by atoms with E-state index < -0.39 is 0 Å². The van der Waals surface area contributed by atoms with E-state index in [1.807, 2.05) is 19.1 Å². The van der Waals surface area contributed by atoms with Gasteiger partial charge < -0.3 is 10.2 Å². The Morgan fingerprint density at radius 2 is 1.90 bits per heavy atom. The van der Waals surface area contributed by atoms with Gasteiger partial charge in [0, 0.05) is 12.2 Å². The topological polar surface area (TPSA) is 53.9 Å². The van der Waals surface area contributed by atoms with Crippen LogP contribution in [0.3, 0.4) is 0 Å². The first-order chi connectivity index (χ1) is 10.1. The largest absolute Gasteiger partial charge is 0.368 e. The van der Waals surface area contributed by atoms with Crippen LogP contribution in [-0.4, -0.2) is 46.0 Å². The Labute approximate surface area is 130 Å². The normalized spacial score (nSPS) is 11.3. The molecule has 0 aliphatic heterocycles. The standard InChI is InChI=1S/C15H22ClN5/c1-4-21(5-2)10-6-9-17-14-13-12(19-15(16)20-14)8-7-11(3)18-13/h7-8H,4-6,9-10H2,1-3H3,(H,17,19,20). The first kappa shape index (κ1) is 15.9. The van der Waals surface area contributed by atoms with Gasteiger partial charge in [-0.25, -0.2) is 9.97 Å². The van der Waals surface area contributed by atoms with E-state index in [2.05, 4.69) is 39.0 Å². The van der Waals surface area contributed by atoms with Crippen LogP contribution in [0.5, 0.6) is 0 Å². The molecule has 0 spiro atoms. The highest BCUT2D eigenvalue weighted by Gasteiger charge is 2.08. The maximum absolute atomic E-state index is 5.97. The lowest BCUT2D eigenvalue weighted by Crippen LogP contribution is -2.25. The minimum Gasteiger partial charge on any atom is -0.368 e. The molecule has 6 heteroatoms. The number of nitrogens with one attached hydrogen (secondary N) is 1. The molecule has 114 valence electrons. The molecule has 5 nitrogen and oxygen atoms in total. The molecule has 21 heavy (non-hydrogen) atoms. The van der Waals surface area contributed by atoms with Gasteiger partial charge in [0.15, 0.2) is 5.82 Å². The van der Waals surface area contributed by atoms with Gasteiger partial charge in [-0.05, 0) is 56.7 Å². The van der Waals surface area contributed by atoms with Crippen molar-refractivity contribution >= 4 is 28.5 Å². The van der Waals surface area contributed by atoms with Gasteiger partial charge in [0.1, 0.15) is 5.52 Å². The van der Waals surface area contributed by atoms with Crippen LogP contribution in [0, 0.1) is 6.92 Å². The Morgan fingerprint density at radius 1 is 1.14 bits per heavy atom. The SMILES string of the molecule is CCN(CC)CCCNc1nc(Cl)nc2ccc(C)nc12. The van der Waals surface area contributed by atoms with Crippen LogP contribution >= 0.6 is 11.6 Å². The van der Waals surface area contributed by atoms with Crippen molar-refractivity contribution in [2.24, 2.45) is 0 Å². The van der Waals surface area contributed by atoms with Crippen LogP contribution in [0.25, 0.3) is 11.0 Å². The predicted octanol–water partition coefficient (Wildman–Crippen LogP) is 3.13. The second kappa shape index (κ2) is 7.52. The molecule has 0 unspecified atom stereocenters. The average Bonchev–Trinajstić information content (AvgIpc) is 2.48. The van der Waals surface area contributed by atoms with Gasteiger partial charge in [0.25, 0.3) is 0 Å². The van der Waals surface area contributed by atoms with E-state index >= 15 is 0 Å². The van der Waals surface area contributed by atoms with Crippen molar-refractivity contribution in [3.63, 3.8) is 0 Å². The quantitative estimate of drug-likeness (QED) is 0.629. The first-order valence-electron chi connectivity index (χ1n) is 7.41. The Balaban J connectivity index is 2.06. The van der Waals surface area contributed by atoms with Crippen LogP contribution in [0.4, 0.5) is 5.82 Å². The molecule has 0 atom stereocenters. The average molecular weight is 308 g/mol. The number of anilines is 1. The number of hydrogen-bond acceptors (Lipinski definition) is 5. The van der Waals surface area contributed by atoms with Crippen molar-refractivity contribution in [1.29, 1.82) is 0 Å². The van der Waals surface area contributed by atoms with Crippen molar-refractivity contribution in [2.75, 3.05) is 31.5 Å². The van der Waals surface area contributed by atoms with Crippen LogP contribution < -0.4 is 5.32 Å². The van der Waals surface area contributed by atoms with Crippen molar-refractivity contribution in [1.82, 2.24) is 19.9 Å². The van der Waals surface area contributed by atoms with Crippen LogP contribution in [0.15, 0.2) is 12.1 Å². The number of hydrogen-bond donors (Lipinski definition) is 1. The molecule has 2 heterocycles. The molecule has 0 amide bonds. The lowest BCUT2D eigenvalue weighted by atomic mass is 10.3. The molecule has 0 bridgehead atoms. The summed E-state index contributed by atoms with van der Waals surface area (Å²) in [6.07, 6.45) is 1.05. The van der Waals surface area contributed by atoms with Gasteiger partial charge >= 0.3 is 0 Å². The van der Waals surface area contributed by atoms with E-state index in [4.69, 9.17) is 11.6 Å². The van der Waals surface area contributed by atoms with Crippen molar-refractivity contribution in [3.05, 3.63) is 23.1 Å². The molecule has 2 aromatic rings. The monoisotopic (exact) mass is 307 g/mol. The summed E-state index contributed by atoms with van der Waals surface area (Å²) in [7, 11) is 0. The van der Waals surface area contributed by atoms with Gasteiger partial charge in [-0.2, -0.15) is 4.98 Å². The highest BCUT2D eigenvalue weighted by atomic mass is 35.5. The predicted molar refractivity (Wildman–Crippen MR) is 88.0 cm³/mol. The molecule has 2 rings (SSSR count). The number of rotatable bonds is 7. The molecule has 0 aromatic carbocycles. The number of halogens is 1. The zero-order chi connectivity index (χ0) is 15.2. The summed E-state index contributed by atoms with van der Waals surface area (Å²) in [6.45, 7) is 10.4. The highest BCUT2D eigenvalue weighted by Crippen LogP contribution is 2.20. The summed E-state index contributed by atoms with van der Waals surface area (Å²) in [5, 5.41) is 3.58. The summed E-state index contributed by atoms with van der Waals surface area (Å²) >= 11 is 5.97. The lowest BCUT2D eigenvalue weighted by Gasteiger charge is -2.18. The lowest BCUT2D eigenvalue weighted by molar-refractivity contribution is 0.303. The first-order valence-corrected chi connectivity index (χ1v) is 7.79. The van der Waals surface area contributed by atoms with E-state index in [9.17, 15) is 0 Å². The van der Waals surface area contributed by atoms with Crippen molar-refractivity contribution in [3.8, 4) is 0 Å². The van der Waals surface area contributed by atoms with Gasteiger partial charge in [0.2, 0.25) is 5.28 Å². The molecule has 1 N–H and O–H groups in total. The Kier molecular flexibility index (Phi) is 5.70. The van der Waals surface area contributed by atoms with E-state index in [0.29, 0.717) is 5.82 Å². The van der Waals surface area contributed by atoms with E-state index in [1.54, 1.807) is 0 Å². The minimum absolute atomic E-state index is 0.249. The molecule has 0 saturated carbocycles. The fourth-order valence-corrected chi connectivity index (χ4v) is 2.43. The summed E-state index contributed by atoms with van der Waals surface area (Å²) in [5.74, 6) is 0.716. The molecule has 0 aliphatic carbocycles. The second-order valence-corrected chi connectivity index (χ2v) is 5.31. The Hall–Kier alpha value is -1.46. The zero-order valence-corrected chi connectivity index (χ0v) is 13.6. The number of aromatic nitrogens is 3. The maximum Gasteiger partial charge on any atom is 0.225 e. The fraction of sp³-hybridized carbons (Fsp3) is 0.533. The van der Waals surface area contributed by atoms with Crippen LogP contribution in [-0.2, 0) is 0 Å². The third-order valence-corrected chi connectivity index (χ3v) is 3.66. The Morgan fingerprint density at radius 3 is 2.62 bits per heavy atom. The second-order valence-electron chi connectivity index (χ2n) is 4.97. The Bertz CT molecular complexity index is 598. The third kappa shape index (κ3) is 4.25. The summed E-state index contributed by atoms with van der Waals surface area (Å²) in [4.78, 5) is 15.4. The van der Waals surface area contributed by atoms with Gasteiger partial charge in [-0.15, -0.1) is 0 Å². The van der Waals surface area contributed by atoms with Crippen LogP contribution in [0.1, 0.15) is 26.0 Å². The molecule has 0 radical (unpaired) electrons. The molecule has 0 fully saturated rings. The van der Waals surface area contributed by atoms with E-state index in [1.165, 1.54) is 0 Å². The maximum atomic E-state index is 5.97. The zero-order valence-electron chi connectivity index (χ0n) is 12.9. The smallest absolute Gasteiger partial charge is 0.225 e. The minimum atomic E-state index is 0.249. The van der Waals surface area contributed by atoms with Gasteiger partial charge in [-0.1, -0.05) is 13.8 Å². The van der Waals surface area contributed by atoms with Crippen LogP contribution in [0.2, 0.25) is 5.28 Å². The number of nitrogens with zero attached hydrogens (tertiary/aromatic N) is 4. The summed E-state index contributed by atoms with van der Waals surface area (Å²) < 4.78 is 0. The molecule has 0 saturated heterocycles. The molecule has 2 aromatic heterocycles. The summed E-state index contributed by atoms with van der Waals surface area (Å²) in [6, 6.07) is 3.85. The number of aryl methyl sites for hydroxylation is 1. The molecular weight excluding hydrogens is 286 g/mol. The fourth-order valence-electron chi connectivity index (χ4n) is 2.26. The molecular formula is C15H22ClN5. The number of pyridine rings is 1. The third-order valence-electron chi connectivity index (χ3n) is 3.49. The van der Waals surface area contributed by atoms with E-state index in [0.717, 1.165) is 49.3 Å². The van der Waals surface area contributed by atoms with Crippen molar-refractivity contribution in [2.45, 2.75) is 27.2 Å². The number of fused-ring (bicyclic) bond motifs is 1. The van der Waals surface area contributed by atoms with Gasteiger partial charge in [-0.3, -0.25) is 0 Å². The summed E-state index contributed by atoms with van der Waals surface area (Å²) in [5.41, 5.74) is 2.49. The van der Waals surface area contributed by atoms with Gasteiger partial charge in [0.05, 0.1) is 5.52 Å². The van der Waals surface area contributed by atoms with Crippen molar-refractivity contribution < 1.29 is 0 Å². The highest BCUT2D eigenvalue weighted by molar-refractivity contribution is 6.28. The molecule has 0 aliphatic rings.